The zero-order chi connectivity index (χ0) is 25.5. The van der Waals surface area contributed by atoms with Crippen LogP contribution >= 0.6 is 0 Å². The number of benzene rings is 1. The van der Waals surface area contributed by atoms with Crippen molar-refractivity contribution in [3.63, 3.8) is 0 Å². The third-order valence-electron chi connectivity index (χ3n) is 8.19. The number of allylic oxidation sites excluding steroid dienone is 2. The van der Waals surface area contributed by atoms with Crippen LogP contribution in [-0.4, -0.2) is 44.9 Å². The summed E-state index contributed by atoms with van der Waals surface area (Å²) < 4.78 is 5.80. The Balaban J connectivity index is 1.85. The second-order valence-corrected chi connectivity index (χ2v) is 10.4. The first-order valence-corrected chi connectivity index (χ1v) is 12.3. The summed E-state index contributed by atoms with van der Waals surface area (Å²) in [6.07, 6.45) is 7.13. The smallest absolute Gasteiger partial charge is 0.262 e. The molecule has 0 amide bonds. The third-order valence-corrected chi connectivity index (χ3v) is 8.19. The number of ether oxygens (including phenoxy) is 1. The molecule has 2 saturated carbocycles. The molecule has 2 fully saturated rings. The maximum Gasteiger partial charge on any atom is 0.262 e. The van der Waals surface area contributed by atoms with Crippen LogP contribution in [0.15, 0.2) is 47.4 Å². The Morgan fingerprint density at radius 3 is 2.51 bits per heavy atom. The van der Waals surface area contributed by atoms with Crippen molar-refractivity contribution >= 4 is 5.78 Å². The SMILES string of the molecule is C/C=C/[C@@H]1[C@@H]2C[C@H](C)CC[C@@H]2[C@](C)(O)[C@@H](OC)[C@@H]1C(=O)c1c(O)c(-c2ccc(O)cc2)c[nH]c1=O. The van der Waals surface area contributed by atoms with Crippen LogP contribution in [0.3, 0.4) is 0 Å². The van der Waals surface area contributed by atoms with Crippen LogP contribution in [0.25, 0.3) is 11.1 Å². The molecule has 1 aromatic carbocycles. The highest BCUT2D eigenvalue weighted by Crippen LogP contribution is 2.54. The van der Waals surface area contributed by atoms with Gasteiger partial charge in [0, 0.05) is 18.9 Å². The fraction of sp³-hybridized carbons (Fsp3) is 0.500. The molecule has 188 valence electrons. The molecule has 2 aromatic rings. The number of methoxy groups -OCH3 is 1. The minimum Gasteiger partial charge on any atom is -0.508 e. The van der Waals surface area contributed by atoms with E-state index in [1.165, 1.54) is 25.4 Å². The topological polar surface area (TPSA) is 120 Å². The Morgan fingerprint density at radius 1 is 1.20 bits per heavy atom. The summed E-state index contributed by atoms with van der Waals surface area (Å²) in [4.78, 5) is 29.6. The summed E-state index contributed by atoms with van der Waals surface area (Å²) >= 11 is 0. The molecule has 0 saturated heterocycles. The first kappa shape index (κ1) is 25.2. The van der Waals surface area contributed by atoms with Gasteiger partial charge in [-0.25, -0.2) is 0 Å². The number of carbonyl (C=O) groups is 1. The van der Waals surface area contributed by atoms with Crippen LogP contribution in [0.5, 0.6) is 11.5 Å². The highest BCUT2D eigenvalue weighted by molar-refractivity contribution is 6.02. The molecule has 0 bridgehead atoms. The number of aromatic nitrogens is 1. The lowest BCUT2D eigenvalue weighted by molar-refractivity contribution is -0.193. The van der Waals surface area contributed by atoms with E-state index < -0.39 is 34.7 Å². The van der Waals surface area contributed by atoms with E-state index in [1.54, 1.807) is 19.1 Å². The molecule has 2 aliphatic rings. The molecule has 7 heteroatoms. The molecule has 1 heterocycles. The van der Waals surface area contributed by atoms with E-state index in [-0.39, 0.29) is 34.6 Å². The number of ketones is 1. The van der Waals surface area contributed by atoms with E-state index in [9.17, 15) is 24.9 Å². The van der Waals surface area contributed by atoms with E-state index in [1.807, 2.05) is 19.1 Å². The van der Waals surface area contributed by atoms with Gasteiger partial charge < -0.3 is 25.0 Å². The number of fused-ring (bicyclic) bond motifs is 1. The molecule has 7 nitrogen and oxygen atoms in total. The number of Topliss-reactive ketones (excluding diaryl/α,β-unsaturated/α-hetero) is 1. The van der Waals surface area contributed by atoms with Crippen molar-refractivity contribution in [2.75, 3.05) is 7.11 Å². The van der Waals surface area contributed by atoms with Gasteiger partial charge in [0.25, 0.3) is 5.56 Å². The van der Waals surface area contributed by atoms with Crippen LogP contribution in [-0.2, 0) is 4.74 Å². The van der Waals surface area contributed by atoms with Crippen molar-refractivity contribution in [2.24, 2.45) is 29.6 Å². The average Bonchev–Trinajstić information content (AvgIpc) is 2.81. The molecule has 35 heavy (non-hydrogen) atoms. The Labute approximate surface area is 205 Å². The quantitative estimate of drug-likeness (QED) is 0.374. The van der Waals surface area contributed by atoms with Gasteiger partial charge in [-0.15, -0.1) is 0 Å². The number of carbonyl (C=O) groups excluding carboxylic acids is 1. The van der Waals surface area contributed by atoms with E-state index in [0.29, 0.717) is 11.5 Å². The standard InChI is InChI=1S/C28H35NO6/c1-5-6-18-19-13-15(2)7-12-21(19)28(3,34)26(35-4)22(18)25(32)23-24(31)20(14-29-27(23)33)16-8-10-17(30)11-9-16/h5-6,8-11,14-15,18-19,21-22,26,30,34H,7,12-13H2,1-4H3,(H2,29,31,33)/b6-5+/t15-,18-,19+,21+,22+,26+,28+/m1/s1. The maximum atomic E-state index is 14.1. The molecular weight excluding hydrogens is 446 g/mol. The van der Waals surface area contributed by atoms with Crippen LogP contribution in [0, 0.1) is 29.6 Å². The number of hydrogen-bond acceptors (Lipinski definition) is 6. The molecule has 2 aliphatic carbocycles. The van der Waals surface area contributed by atoms with E-state index in [4.69, 9.17) is 4.74 Å². The Bertz CT molecular complexity index is 1160. The highest BCUT2D eigenvalue weighted by atomic mass is 16.5. The summed E-state index contributed by atoms with van der Waals surface area (Å²) in [5.41, 5.74) is -1.49. The largest absolute Gasteiger partial charge is 0.508 e. The van der Waals surface area contributed by atoms with Crippen LogP contribution < -0.4 is 5.56 Å². The highest BCUT2D eigenvalue weighted by Gasteiger charge is 2.59. The first-order chi connectivity index (χ1) is 16.6. The van der Waals surface area contributed by atoms with Crippen molar-refractivity contribution in [1.29, 1.82) is 0 Å². The molecule has 7 atom stereocenters. The Morgan fingerprint density at radius 2 is 1.89 bits per heavy atom. The molecule has 0 aliphatic heterocycles. The number of H-pyrrole nitrogens is 1. The first-order valence-electron chi connectivity index (χ1n) is 12.3. The fourth-order valence-electron chi connectivity index (χ4n) is 6.58. The van der Waals surface area contributed by atoms with Crippen LogP contribution in [0.1, 0.15) is 50.4 Å². The molecular formula is C28H35NO6. The lowest BCUT2D eigenvalue weighted by atomic mass is 9.52. The Kier molecular flexibility index (Phi) is 6.93. The number of hydrogen-bond donors (Lipinski definition) is 4. The van der Waals surface area contributed by atoms with Crippen LogP contribution in [0.2, 0.25) is 0 Å². The summed E-state index contributed by atoms with van der Waals surface area (Å²) in [5.74, 6) is -1.53. The van der Waals surface area contributed by atoms with Gasteiger partial charge in [0.1, 0.15) is 17.1 Å². The molecule has 4 N–H and O–H groups in total. The van der Waals surface area contributed by atoms with Crippen LogP contribution in [0.4, 0.5) is 0 Å². The zero-order valence-electron chi connectivity index (χ0n) is 20.7. The van der Waals surface area contributed by atoms with Gasteiger partial charge >= 0.3 is 0 Å². The zero-order valence-corrected chi connectivity index (χ0v) is 20.7. The molecule has 0 unspecified atom stereocenters. The van der Waals surface area contributed by atoms with Crippen molar-refractivity contribution in [3.05, 3.63) is 58.5 Å². The van der Waals surface area contributed by atoms with E-state index >= 15 is 0 Å². The number of phenolic OH excluding ortho intramolecular Hbond substituents is 1. The monoisotopic (exact) mass is 481 g/mol. The van der Waals surface area contributed by atoms with Crippen molar-refractivity contribution in [2.45, 2.75) is 51.7 Å². The minimum atomic E-state index is -1.27. The molecule has 4 rings (SSSR count). The number of aromatic hydroxyl groups is 2. The number of pyridine rings is 1. The number of aliphatic hydroxyl groups is 1. The van der Waals surface area contributed by atoms with Gasteiger partial charge in [0.2, 0.25) is 0 Å². The Hall–Kier alpha value is -2.90. The number of aromatic amines is 1. The normalized spacial score (nSPS) is 32.9. The summed E-state index contributed by atoms with van der Waals surface area (Å²) in [6, 6.07) is 6.12. The maximum absolute atomic E-state index is 14.1. The number of phenols is 1. The molecule has 0 spiro atoms. The van der Waals surface area contributed by atoms with E-state index in [0.717, 1.165) is 19.3 Å². The van der Waals surface area contributed by atoms with Gasteiger partial charge in [0.05, 0.1) is 17.6 Å². The van der Waals surface area contributed by atoms with E-state index in [2.05, 4.69) is 11.9 Å². The fourth-order valence-corrected chi connectivity index (χ4v) is 6.58. The lowest BCUT2D eigenvalue weighted by Crippen LogP contribution is -2.63. The van der Waals surface area contributed by atoms with Gasteiger partial charge in [-0.3, -0.25) is 9.59 Å². The van der Waals surface area contributed by atoms with Gasteiger partial charge in [-0.1, -0.05) is 37.6 Å². The predicted molar refractivity (Wildman–Crippen MR) is 133 cm³/mol. The molecule has 0 radical (unpaired) electrons. The van der Waals surface area contributed by atoms with Crippen molar-refractivity contribution in [3.8, 4) is 22.6 Å². The molecule has 1 aromatic heterocycles. The second kappa shape index (κ2) is 9.63. The summed E-state index contributed by atoms with van der Waals surface area (Å²) in [6.45, 7) is 5.82. The summed E-state index contributed by atoms with van der Waals surface area (Å²) in [7, 11) is 1.48. The number of rotatable bonds is 5. The average molecular weight is 482 g/mol. The van der Waals surface area contributed by atoms with Gasteiger partial charge in [0.15, 0.2) is 5.78 Å². The lowest BCUT2D eigenvalue weighted by Gasteiger charge is -2.56. The van der Waals surface area contributed by atoms with Crippen molar-refractivity contribution in [1.82, 2.24) is 4.98 Å². The third kappa shape index (κ3) is 4.32. The second-order valence-electron chi connectivity index (χ2n) is 10.4. The number of nitrogens with one attached hydrogen (secondary N) is 1. The predicted octanol–water partition coefficient (Wildman–Crippen LogP) is 4.28. The van der Waals surface area contributed by atoms with Gasteiger partial charge in [-0.2, -0.15) is 0 Å². The van der Waals surface area contributed by atoms with Crippen molar-refractivity contribution < 1.29 is 24.9 Å². The minimum absolute atomic E-state index is 0.0379. The summed E-state index contributed by atoms with van der Waals surface area (Å²) in [5, 5.41) is 32.5. The van der Waals surface area contributed by atoms with Gasteiger partial charge in [-0.05, 0) is 68.1 Å².